The standard InChI is InChI=1S/C11H15N3O5/c1-10(4-15)6(16)7(17)11(2,19-10)5-3-13-9(12)14-8(5)18/h3,15-17H,4H2,1-2H3,(H3,12,13,14,18). The first-order chi connectivity index (χ1) is 8.74. The number of nitrogens with one attached hydrogen (secondary N) is 1. The third-order valence-electron chi connectivity index (χ3n) is 3.24. The second-order valence-corrected chi connectivity index (χ2v) is 4.73. The molecule has 2 heterocycles. The van der Waals surface area contributed by atoms with E-state index in [4.69, 9.17) is 10.5 Å². The van der Waals surface area contributed by atoms with Crippen LogP contribution in [0.25, 0.3) is 0 Å². The third-order valence-corrected chi connectivity index (χ3v) is 3.24. The number of aliphatic hydroxyl groups is 3. The highest BCUT2D eigenvalue weighted by Gasteiger charge is 2.53. The molecule has 8 nitrogen and oxygen atoms in total. The molecule has 0 saturated heterocycles. The zero-order chi connectivity index (χ0) is 14.4. The van der Waals surface area contributed by atoms with E-state index >= 15 is 0 Å². The number of H-pyrrole nitrogens is 1. The summed E-state index contributed by atoms with van der Waals surface area (Å²) in [5, 5.41) is 29.1. The Kier molecular flexibility index (Phi) is 2.79. The van der Waals surface area contributed by atoms with Crippen LogP contribution in [0.15, 0.2) is 22.5 Å². The maximum absolute atomic E-state index is 11.9. The number of rotatable bonds is 2. The van der Waals surface area contributed by atoms with Crippen LogP contribution in [0.1, 0.15) is 19.4 Å². The molecule has 1 aromatic heterocycles. The quantitative estimate of drug-likeness (QED) is 0.495. The Balaban J connectivity index is 2.60. The minimum Gasteiger partial charge on any atom is -0.506 e. The van der Waals surface area contributed by atoms with Crippen LogP contribution in [0, 0.1) is 0 Å². The lowest BCUT2D eigenvalue weighted by Gasteiger charge is -2.28. The Morgan fingerprint density at radius 2 is 2.05 bits per heavy atom. The molecule has 0 bridgehead atoms. The number of aliphatic hydroxyl groups excluding tert-OH is 3. The van der Waals surface area contributed by atoms with E-state index in [1.165, 1.54) is 13.8 Å². The van der Waals surface area contributed by atoms with Gasteiger partial charge in [-0.25, -0.2) is 4.98 Å². The SMILES string of the molecule is CC1(CO)OC(C)(c2cnc(N)[nH]c2=O)C(O)=C1O. The summed E-state index contributed by atoms with van der Waals surface area (Å²) in [6.45, 7) is 2.23. The van der Waals surface area contributed by atoms with Crippen molar-refractivity contribution in [2.45, 2.75) is 25.0 Å². The Hall–Kier alpha value is -2.06. The van der Waals surface area contributed by atoms with E-state index in [9.17, 15) is 20.1 Å². The fourth-order valence-corrected chi connectivity index (χ4v) is 2.06. The highest BCUT2D eigenvalue weighted by atomic mass is 16.6. The number of nitrogens with zero attached hydrogens (tertiary/aromatic N) is 1. The first-order valence-electron chi connectivity index (χ1n) is 5.54. The van der Waals surface area contributed by atoms with Crippen LogP contribution in [-0.2, 0) is 10.3 Å². The lowest BCUT2D eigenvalue weighted by Crippen LogP contribution is -2.39. The Morgan fingerprint density at radius 3 is 2.53 bits per heavy atom. The Morgan fingerprint density at radius 1 is 1.42 bits per heavy atom. The second-order valence-electron chi connectivity index (χ2n) is 4.73. The molecule has 1 aliphatic rings. The first-order valence-corrected chi connectivity index (χ1v) is 5.54. The lowest BCUT2D eigenvalue weighted by atomic mass is 9.96. The predicted molar refractivity (Wildman–Crippen MR) is 65.5 cm³/mol. The number of hydrogen-bond acceptors (Lipinski definition) is 7. The topological polar surface area (TPSA) is 142 Å². The van der Waals surface area contributed by atoms with Crippen molar-refractivity contribution < 1.29 is 20.1 Å². The number of anilines is 1. The first kappa shape index (κ1) is 13.4. The molecule has 1 aromatic rings. The Labute approximate surface area is 108 Å². The van der Waals surface area contributed by atoms with Crippen molar-refractivity contribution in [2.24, 2.45) is 0 Å². The van der Waals surface area contributed by atoms with Crippen LogP contribution in [0.5, 0.6) is 0 Å². The van der Waals surface area contributed by atoms with E-state index in [1.54, 1.807) is 0 Å². The summed E-state index contributed by atoms with van der Waals surface area (Å²) in [4.78, 5) is 17.9. The van der Waals surface area contributed by atoms with Crippen molar-refractivity contribution in [3.63, 3.8) is 0 Å². The maximum atomic E-state index is 11.9. The molecule has 1 aliphatic heterocycles. The minimum absolute atomic E-state index is 0.0251. The van der Waals surface area contributed by atoms with E-state index in [1.807, 2.05) is 0 Å². The number of aromatic amines is 1. The van der Waals surface area contributed by atoms with Crippen LogP contribution in [0.3, 0.4) is 0 Å². The molecule has 0 fully saturated rings. The summed E-state index contributed by atoms with van der Waals surface area (Å²) < 4.78 is 5.49. The van der Waals surface area contributed by atoms with Gasteiger partial charge in [0.15, 0.2) is 28.7 Å². The van der Waals surface area contributed by atoms with E-state index in [2.05, 4.69) is 9.97 Å². The number of nitrogen functional groups attached to an aromatic ring is 1. The van der Waals surface area contributed by atoms with Gasteiger partial charge in [-0.1, -0.05) is 0 Å². The van der Waals surface area contributed by atoms with Crippen molar-refractivity contribution in [3.8, 4) is 0 Å². The number of ether oxygens (including phenoxy) is 1. The van der Waals surface area contributed by atoms with Crippen molar-refractivity contribution in [1.29, 1.82) is 0 Å². The van der Waals surface area contributed by atoms with Crippen molar-refractivity contribution in [2.75, 3.05) is 12.3 Å². The maximum Gasteiger partial charge on any atom is 0.258 e. The van der Waals surface area contributed by atoms with Crippen LogP contribution in [-0.4, -0.2) is 37.5 Å². The fourth-order valence-electron chi connectivity index (χ4n) is 2.06. The second kappa shape index (κ2) is 3.97. The van der Waals surface area contributed by atoms with Crippen molar-refractivity contribution in [1.82, 2.24) is 9.97 Å². The van der Waals surface area contributed by atoms with Crippen LogP contribution < -0.4 is 11.3 Å². The van der Waals surface area contributed by atoms with Gasteiger partial charge in [-0.05, 0) is 13.8 Å². The molecule has 8 heteroatoms. The fraction of sp³-hybridized carbons (Fsp3) is 0.455. The summed E-state index contributed by atoms with van der Waals surface area (Å²) in [7, 11) is 0. The van der Waals surface area contributed by atoms with Crippen LogP contribution in [0.4, 0.5) is 5.95 Å². The molecule has 0 amide bonds. The zero-order valence-electron chi connectivity index (χ0n) is 10.5. The number of hydrogen-bond donors (Lipinski definition) is 5. The molecule has 2 unspecified atom stereocenters. The van der Waals surface area contributed by atoms with Gasteiger partial charge in [-0.3, -0.25) is 9.78 Å². The predicted octanol–water partition coefficient (Wildman–Crippen LogP) is -0.324. The smallest absolute Gasteiger partial charge is 0.258 e. The van der Waals surface area contributed by atoms with E-state index < -0.39 is 34.9 Å². The zero-order valence-corrected chi connectivity index (χ0v) is 10.5. The van der Waals surface area contributed by atoms with E-state index in [0.29, 0.717) is 0 Å². The third kappa shape index (κ3) is 1.76. The van der Waals surface area contributed by atoms with Crippen molar-refractivity contribution in [3.05, 3.63) is 33.6 Å². The molecule has 0 spiro atoms. The monoisotopic (exact) mass is 269 g/mol. The van der Waals surface area contributed by atoms with Gasteiger partial charge in [0.25, 0.3) is 5.56 Å². The highest BCUT2D eigenvalue weighted by molar-refractivity contribution is 5.35. The summed E-state index contributed by atoms with van der Waals surface area (Å²) in [6, 6.07) is 0. The molecular weight excluding hydrogens is 254 g/mol. The minimum atomic E-state index is -1.60. The average Bonchev–Trinajstić information content (AvgIpc) is 2.52. The van der Waals surface area contributed by atoms with Crippen LogP contribution >= 0.6 is 0 Å². The van der Waals surface area contributed by atoms with Gasteiger partial charge in [0.2, 0.25) is 0 Å². The van der Waals surface area contributed by atoms with Crippen LogP contribution in [0.2, 0.25) is 0 Å². The molecular formula is C11H15N3O5. The lowest BCUT2D eigenvalue weighted by molar-refractivity contribution is -0.121. The summed E-state index contributed by atoms with van der Waals surface area (Å²) in [5.41, 5.74) is 1.63. The summed E-state index contributed by atoms with van der Waals surface area (Å²) in [6.07, 6.45) is 1.15. The van der Waals surface area contributed by atoms with Gasteiger partial charge < -0.3 is 25.8 Å². The van der Waals surface area contributed by atoms with E-state index in [0.717, 1.165) is 6.20 Å². The molecule has 2 rings (SSSR count). The normalized spacial score (nSPS) is 30.9. The van der Waals surface area contributed by atoms with Gasteiger partial charge in [0.1, 0.15) is 0 Å². The summed E-state index contributed by atoms with van der Waals surface area (Å²) >= 11 is 0. The molecule has 6 N–H and O–H groups in total. The average molecular weight is 269 g/mol. The van der Waals surface area contributed by atoms with Gasteiger partial charge in [-0.15, -0.1) is 0 Å². The molecule has 2 atom stereocenters. The molecule has 0 aromatic carbocycles. The molecule has 0 radical (unpaired) electrons. The molecule has 0 aliphatic carbocycles. The van der Waals surface area contributed by atoms with Gasteiger partial charge in [0, 0.05) is 6.20 Å². The van der Waals surface area contributed by atoms with Gasteiger partial charge in [0.05, 0.1) is 12.2 Å². The number of nitrogens with two attached hydrogens (primary N) is 1. The summed E-state index contributed by atoms with van der Waals surface area (Å²) in [5.74, 6) is -1.14. The molecule has 0 saturated carbocycles. The van der Waals surface area contributed by atoms with Gasteiger partial charge in [-0.2, -0.15) is 0 Å². The van der Waals surface area contributed by atoms with Crippen molar-refractivity contribution >= 4 is 5.95 Å². The van der Waals surface area contributed by atoms with E-state index in [-0.39, 0.29) is 11.5 Å². The highest BCUT2D eigenvalue weighted by Crippen LogP contribution is 2.45. The largest absolute Gasteiger partial charge is 0.506 e. The molecule has 19 heavy (non-hydrogen) atoms. The molecule has 104 valence electrons. The Bertz CT molecular complexity index is 611. The number of aromatic nitrogens is 2. The van der Waals surface area contributed by atoms with Gasteiger partial charge >= 0.3 is 0 Å².